The van der Waals surface area contributed by atoms with E-state index in [1.54, 1.807) is 6.92 Å². The monoisotopic (exact) mass is 357 g/mol. The summed E-state index contributed by atoms with van der Waals surface area (Å²) in [6.07, 6.45) is 0.884. The Labute approximate surface area is 141 Å². The third-order valence-corrected chi connectivity index (χ3v) is 5.46. The molecule has 0 radical (unpaired) electrons. The zero-order valence-corrected chi connectivity index (χ0v) is 14.8. The molecule has 1 amide bonds. The van der Waals surface area contributed by atoms with Crippen LogP contribution in [-0.2, 0) is 19.4 Å². The molecule has 8 heteroatoms. The molecule has 0 aliphatic carbocycles. The lowest BCUT2D eigenvalue weighted by atomic mass is 10.1. The highest BCUT2D eigenvalue weighted by molar-refractivity contribution is 7.91. The average Bonchev–Trinajstić information content (AvgIpc) is 2.53. The van der Waals surface area contributed by atoms with Crippen LogP contribution in [0.1, 0.15) is 26.7 Å². The molecule has 1 aromatic carbocycles. The molecule has 0 aliphatic rings. The molecule has 0 spiro atoms. The average molecular weight is 357 g/mol. The van der Waals surface area contributed by atoms with E-state index in [1.807, 2.05) is 0 Å². The van der Waals surface area contributed by atoms with E-state index in [4.69, 9.17) is 9.84 Å². The van der Waals surface area contributed by atoms with Gasteiger partial charge in [0.2, 0.25) is 5.91 Å². The summed E-state index contributed by atoms with van der Waals surface area (Å²) in [6, 6.07) is 4.87. The van der Waals surface area contributed by atoms with Crippen molar-refractivity contribution in [2.24, 2.45) is 5.92 Å². The van der Waals surface area contributed by atoms with E-state index in [0.717, 1.165) is 0 Å². The second kappa shape index (κ2) is 8.68. The predicted octanol–water partition coefficient (Wildman–Crippen LogP) is 1.47. The van der Waals surface area contributed by atoms with Crippen LogP contribution >= 0.6 is 0 Å². The molecule has 7 nitrogen and oxygen atoms in total. The number of rotatable bonds is 9. The first-order valence-electron chi connectivity index (χ1n) is 7.61. The number of carboxylic acid groups (broad SMARTS) is 1. The molecule has 0 saturated carbocycles. The van der Waals surface area contributed by atoms with E-state index in [1.165, 1.54) is 38.3 Å². The van der Waals surface area contributed by atoms with Crippen LogP contribution in [0.15, 0.2) is 29.2 Å². The first-order chi connectivity index (χ1) is 11.2. The van der Waals surface area contributed by atoms with Crippen LogP contribution in [0.2, 0.25) is 0 Å². The van der Waals surface area contributed by atoms with Gasteiger partial charge in [0.1, 0.15) is 11.8 Å². The minimum atomic E-state index is -3.66. The molecular weight excluding hydrogens is 334 g/mol. The van der Waals surface area contributed by atoms with Crippen molar-refractivity contribution >= 4 is 21.7 Å². The number of methoxy groups -OCH3 is 1. The number of ether oxygens (including phenoxy) is 1. The molecule has 1 rings (SSSR count). The summed E-state index contributed by atoms with van der Waals surface area (Å²) in [5, 5.41) is 11.4. The molecule has 0 heterocycles. The van der Waals surface area contributed by atoms with Gasteiger partial charge in [-0.25, -0.2) is 13.2 Å². The standard InChI is InChI=1S/C16H23NO6S/c1-4-5-14(16(19)20)17-15(18)11(2)10-24(21,22)13-8-6-12(23-3)7-9-13/h6-9,11,14H,4-5,10H2,1-3H3,(H,17,18)(H,19,20). The first-order valence-corrected chi connectivity index (χ1v) is 9.26. The number of amides is 1. The van der Waals surface area contributed by atoms with Crippen molar-refractivity contribution in [1.82, 2.24) is 5.32 Å². The van der Waals surface area contributed by atoms with Gasteiger partial charge in [-0.1, -0.05) is 20.3 Å². The van der Waals surface area contributed by atoms with Crippen molar-refractivity contribution in [2.45, 2.75) is 37.6 Å². The Bertz CT molecular complexity index is 668. The minimum Gasteiger partial charge on any atom is -0.497 e. The number of aliphatic carboxylic acids is 1. The van der Waals surface area contributed by atoms with Crippen molar-refractivity contribution < 1.29 is 27.9 Å². The second-order valence-electron chi connectivity index (χ2n) is 5.55. The Morgan fingerprint density at radius 2 is 1.83 bits per heavy atom. The SMILES string of the molecule is CCCC(NC(=O)C(C)CS(=O)(=O)c1ccc(OC)cc1)C(=O)O. The normalized spacial score (nSPS) is 13.8. The molecule has 24 heavy (non-hydrogen) atoms. The van der Waals surface area contributed by atoms with Crippen LogP contribution in [0.4, 0.5) is 0 Å². The first kappa shape index (κ1) is 20.0. The van der Waals surface area contributed by atoms with Crippen LogP contribution in [-0.4, -0.2) is 44.3 Å². The van der Waals surface area contributed by atoms with Gasteiger partial charge in [-0.3, -0.25) is 4.79 Å². The summed E-state index contributed by atoms with van der Waals surface area (Å²) in [5.74, 6) is -2.45. The Morgan fingerprint density at radius 3 is 2.29 bits per heavy atom. The summed E-state index contributed by atoms with van der Waals surface area (Å²) in [5.41, 5.74) is 0. The summed E-state index contributed by atoms with van der Waals surface area (Å²) in [6.45, 7) is 3.26. The summed E-state index contributed by atoms with van der Waals surface area (Å²) < 4.78 is 29.7. The van der Waals surface area contributed by atoms with Gasteiger partial charge in [-0.2, -0.15) is 0 Å². The number of carboxylic acids is 1. The third-order valence-electron chi connectivity index (χ3n) is 3.53. The van der Waals surface area contributed by atoms with Crippen molar-refractivity contribution in [3.63, 3.8) is 0 Å². The van der Waals surface area contributed by atoms with Gasteiger partial charge < -0.3 is 15.2 Å². The highest BCUT2D eigenvalue weighted by atomic mass is 32.2. The van der Waals surface area contributed by atoms with E-state index >= 15 is 0 Å². The quantitative estimate of drug-likeness (QED) is 0.693. The lowest BCUT2D eigenvalue weighted by Crippen LogP contribution is -2.44. The molecule has 0 fully saturated rings. The van der Waals surface area contributed by atoms with E-state index in [2.05, 4.69) is 5.32 Å². The van der Waals surface area contributed by atoms with E-state index in [9.17, 15) is 18.0 Å². The number of hydrogen-bond acceptors (Lipinski definition) is 5. The molecule has 0 saturated heterocycles. The molecule has 0 aliphatic heterocycles. The van der Waals surface area contributed by atoms with Gasteiger partial charge in [0, 0.05) is 5.92 Å². The Balaban J connectivity index is 2.78. The molecule has 0 bridgehead atoms. The van der Waals surface area contributed by atoms with Gasteiger partial charge in [0.05, 0.1) is 17.8 Å². The summed E-state index contributed by atoms with van der Waals surface area (Å²) in [4.78, 5) is 23.2. The third kappa shape index (κ3) is 5.52. The second-order valence-corrected chi connectivity index (χ2v) is 7.58. The Morgan fingerprint density at radius 1 is 1.25 bits per heavy atom. The van der Waals surface area contributed by atoms with Crippen molar-refractivity contribution in [2.75, 3.05) is 12.9 Å². The number of carbonyl (C=O) groups is 2. The highest BCUT2D eigenvalue weighted by Crippen LogP contribution is 2.18. The zero-order valence-electron chi connectivity index (χ0n) is 14.0. The van der Waals surface area contributed by atoms with Crippen LogP contribution in [0.5, 0.6) is 5.75 Å². The van der Waals surface area contributed by atoms with Crippen molar-refractivity contribution in [3.05, 3.63) is 24.3 Å². The minimum absolute atomic E-state index is 0.0892. The number of nitrogens with one attached hydrogen (secondary N) is 1. The number of sulfone groups is 1. The molecule has 2 atom stereocenters. The Hall–Kier alpha value is -2.09. The molecule has 2 N–H and O–H groups in total. The van der Waals surface area contributed by atoms with E-state index in [0.29, 0.717) is 18.6 Å². The topological polar surface area (TPSA) is 110 Å². The molecule has 2 unspecified atom stereocenters. The van der Waals surface area contributed by atoms with E-state index < -0.39 is 39.4 Å². The lowest BCUT2D eigenvalue weighted by Gasteiger charge is -2.17. The zero-order chi connectivity index (χ0) is 18.3. The number of benzene rings is 1. The smallest absolute Gasteiger partial charge is 0.326 e. The molecular formula is C16H23NO6S. The maximum Gasteiger partial charge on any atom is 0.326 e. The highest BCUT2D eigenvalue weighted by Gasteiger charge is 2.26. The summed E-state index contributed by atoms with van der Waals surface area (Å²) >= 11 is 0. The lowest BCUT2D eigenvalue weighted by molar-refractivity contribution is -0.142. The van der Waals surface area contributed by atoms with Crippen molar-refractivity contribution in [1.29, 1.82) is 0 Å². The van der Waals surface area contributed by atoms with Gasteiger partial charge in [-0.15, -0.1) is 0 Å². The fourth-order valence-electron chi connectivity index (χ4n) is 2.14. The molecule has 1 aromatic rings. The fourth-order valence-corrected chi connectivity index (χ4v) is 3.70. The fraction of sp³-hybridized carbons (Fsp3) is 0.500. The van der Waals surface area contributed by atoms with Gasteiger partial charge in [0.25, 0.3) is 0 Å². The largest absolute Gasteiger partial charge is 0.497 e. The number of hydrogen-bond donors (Lipinski definition) is 2. The summed E-state index contributed by atoms with van der Waals surface area (Å²) in [7, 11) is -2.18. The van der Waals surface area contributed by atoms with Gasteiger partial charge in [0.15, 0.2) is 9.84 Å². The predicted molar refractivity (Wildman–Crippen MR) is 88.7 cm³/mol. The molecule has 134 valence electrons. The maximum absolute atomic E-state index is 12.4. The van der Waals surface area contributed by atoms with Crippen LogP contribution in [0, 0.1) is 5.92 Å². The van der Waals surface area contributed by atoms with Crippen LogP contribution in [0.3, 0.4) is 0 Å². The van der Waals surface area contributed by atoms with Crippen LogP contribution in [0.25, 0.3) is 0 Å². The van der Waals surface area contributed by atoms with Crippen LogP contribution < -0.4 is 10.1 Å². The Kier molecular flexibility index (Phi) is 7.21. The van der Waals surface area contributed by atoms with Crippen molar-refractivity contribution in [3.8, 4) is 5.75 Å². The number of carbonyl (C=O) groups excluding carboxylic acids is 1. The maximum atomic E-state index is 12.4. The van der Waals surface area contributed by atoms with Gasteiger partial charge in [-0.05, 0) is 30.7 Å². The molecule has 0 aromatic heterocycles. The van der Waals surface area contributed by atoms with Gasteiger partial charge >= 0.3 is 5.97 Å². The van der Waals surface area contributed by atoms with E-state index in [-0.39, 0.29) is 4.90 Å².